The molecule has 0 amide bonds. The van der Waals surface area contributed by atoms with Gasteiger partial charge in [0, 0.05) is 18.3 Å². The lowest BCUT2D eigenvalue weighted by atomic mass is 9.46. The first-order chi connectivity index (χ1) is 14.7. The van der Waals surface area contributed by atoms with E-state index in [2.05, 4.69) is 33.8 Å². The first-order valence-corrected chi connectivity index (χ1v) is 13.1. The molecule has 0 unspecified atom stereocenters. The van der Waals surface area contributed by atoms with Gasteiger partial charge >= 0.3 is 0 Å². The fraction of sp³-hybridized carbons (Fsp3) is 0.926. The lowest BCUT2D eigenvalue weighted by Crippen LogP contribution is -2.54. The topological polar surface area (TPSA) is 58.9 Å². The number of ether oxygens (including phenoxy) is 2. The Bertz CT molecular complexity index is 769. The van der Waals surface area contributed by atoms with Crippen LogP contribution in [0.25, 0.3) is 0 Å². The maximum atomic E-state index is 11.8. The molecular formula is C27H42O4. The van der Waals surface area contributed by atoms with E-state index >= 15 is 0 Å². The summed E-state index contributed by atoms with van der Waals surface area (Å²) in [7, 11) is 0. The monoisotopic (exact) mass is 430 g/mol. The van der Waals surface area contributed by atoms with Crippen molar-refractivity contribution in [3.05, 3.63) is 11.6 Å². The molecule has 0 aromatic rings. The van der Waals surface area contributed by atoms with Crippen molar-refractivity contribution in [2.24, 2.45) is 46.3 Å². The summed E-state index contributed by atoms with van der Waals surface area (Å²) in [6.45, 7) is 10.3. The second-order valence-electron chi connectivity index (χ2n) is 12.8. The molecule has 6 aliphatic rings. The van der Waals surface area contributed by atoms with Gasteiger partial charge in [-0.15, -0.1) is 0 Å². The van der Waals surface area contributed by atoms with Crippen molar-refractivity contribution < 1.29 is 19.7 Å². The summed E-state index contributed by atoms with van der Waals surface area (Å²) in [6.07, 6.45) is 10.3. The fourth-order valence-corrected chi connectivity index (χ4v) is 9.70. The van der Waals surface area contributed by atoms with E-state index in [4.69, 9.17) is 9.47 Å². The molecule has 31 heavy (non-hydrogen) atoms. The van der Waals surface area contributed by atoms with Crippen molar-refractivity contribution in [2.45, 2.75) is 103 Å². The molecule has 4 nitrogen and oxygen atoms in total. The Labute approximate surface area is 187 Å². The van der Waals surface area contributed by atoms with Crippen LogP contribution in [0, 0.1) is 46.3 Å². The van der Waals surface area contributed by atoms with Gasteiger partial charge < -0.3 is 19.7 Å². The zero-order valence-corrected chi connectivity index (χ0v) is 19.8. The third-order valence-electron chi connectivity index (χ3n) is 11.4. The van der Waals surface area contributed by atoms with Crippen molar-refractivity contribution >= 4 is 0 Å². The van der Waals surface area contributed by atoms with E-state index in [-0.39, 0.29) is 29.1 Å². The average Bonchev–Trinajstić information content (AvgIpc) is 3.14. The third-order valence-corrected chi connectivity index (χ3v) is 11.4. The number of fused-ring (bicyclic) bond motifs is 7. The Hall–Kier alpha value is -0.420. The van der Waals surface area contributed by atoms with Crippen molar-refractivity contribution in [1.29, 1.82) is 0 Å². The molecule has 2 aliphatic heterocycles. The van der Waals surface area contributed by atoms with E-state index in [0.717, 1.165) is 45.1 Å². The van der Waals surface area contributed by atoms with E-state index < -0.39 is 5.79 Å². The molecule has 12 atom stereocenters. The van der Waals surface area contributed by atoms with Gasteiger partial charge in [0.05, 0.1) is 24.9 Å². The molecule has 4 heteroatoms. The van der Waals surface area contributed by atoms with E-state index in [1.165, 1.54) is 18.4 Å². The van der Waals surface area contributed by atoms with Crippen LogP contribution in [0.15, 0.2) is 11.6 Å². The van der Waals surface area contributed by atoms with Crippen LogP contribution in [0.1, 0.15) is 79.1 Å². The van der Waals surface area contributed by atoms with Gasteiger partial charge in [-0.2, -0.15) is 0 Å². The molecule has 2 N–H and O–H groups in total. The highest BCUT2D eigenvalue weighted by molar-refractivity contribution is 5.27. The van der Waals surface area contributed by atoms with Gasteiger partial charge in [-0.05, 0) is 79.4 Å². The highest BCUT2D eigenvalue weighted by Crippen LogP contribution is 2.70. The maximum absolute atomic E-state index is 11.8. The summed E-state index contributed by atoms with van der Waals surface area (Å²) in [6, 6.07) is 0. The molecule has 1 spiro atoms. The Morgan fingerprint density at radius 1 is 1.00 bits per heavy atom. The average molecular weight is 431 g/mol. The van der Waals surface area contributed by atoms with Crippen molar-refractivity contribution in [1.82, 2.24) is 0 Å². The van der Waals surface area contributed by atoms with Gasteiger partial charge in [-0.25, -0.2) is 0 Å². The zero-order valence-electron chi connectivity index (χ0n) is 19.8. The minimum Gasteiger partial charge on any atom is -0.393 e. The Kier molecular flexibility index (Phi) is 4.64. The van der Waals surface area contributed by atoms with Crippen LogP contribution in [-0.4, -0.2) is 40.9 Å². The normalized spacial score (nSPS) is 60.7. The highest BCUT2D eigenvalue weighted by Gasteiger charge is 2.71. The number of aliphatic hydroxyl groups excluding tert-OH is 2. The van der Waals surface area contributed by atoms with Crippen LogP contribution < -0.4 is 0 Å². The third kappa shape index (κ3) is 2.68. The van der Waals surface area contributed by atoms with Gasteiger partial charge in [0.1, 0.15) is 0 Å². The predicted octanol–water partition coefficient (Wildman–Crippen LogP) is 4.68. The van der Waals surface area contributed by atoms with Crippen LogP contribution in [0.3, 0.4) is 0 Å². The second kappa shape index (κ2) is 6.81. The fourth-order valence-electron chi connectivity index (χ4n) is 9.70. The predicted molar refractivity (Wildman–Crippen MR) is 119 cm³/mol. The molecule has 0 aromatic heterocycles. The van der Waals surface area contributed by atoms with Gasteiger partial charge in [0.15, 0.2) is 5.79 Å². The van der Waals surface area contributed by atoms with E-state index in [9.17, 15) is 10.2 Å². The summed E-state index contributed by atoms with van der Waals surface area (Å²) in [5.41, 5.74) is 1.82. The van der Waals surface area contributed by atoms with Crippen molar-refractivity contribution in [2.75, 3.05) is 6.61 Å². The molecule has 6 rings (SSSR count). The lowest BCUT2D eigenvalue weighted by Gasteiger charge is -2.58. The summed E-state index contributed by atoms with van der Waals surface area (Å²) in [4.78, 5) is 0. The SMILES string of the molecule is C[C@H]1CC[C@@]2(OC1)O[C@H]1[C@H](O)[C@H]3[C@@H]4CC=C5C[C@@H](O)CC[C@]5(C)[C@H]4CC[C@]3(C)[C@H]1[C@@H]2C. The van der Waals surface area contributed by atoms with E-state index in [1.54, 1.807) is 0 Å². The Balaban J connectivity index is 1.32. The minimum absolute atomic E-state index is 0.0801. The quantitative estimate of drug-likeness (QED) is 0.548. The van der Waals surface area contributed by atoms with Crippen LogP contribution in [0.5, 0.6) is 0 Å². The van der Waals surface area contributed by atoms with Crippen LogP contribution in [0.4, 0.5) is 0 Å². The molecule has 0 aromatic carbocycles. The van der Waals surface area contributed by atoms with Crippen LogP contribution in [0.2, 0.25) is 0 Å². The standard InChI is InChI=1S/C27H42O4/c1-15-7-12-27(30-14-15)16(2)21-24(31-27)23(29)22-19-6-5-17-13-18(28)8-10-25(17,3)20(19)9-11-26(21,22)4/h5,15-16,18-24,28-29H,6-14H2,1-4H3/t15-,16-,18-,19+,20-,21-,22+,23+,24+,25-,26+,27+/m0/s1. The van der Waals surface area contributed by atoms with Gasteiger partial charge in [-0.3, -0.25) is 0 Å². The summed E-state index contributed by atoms with van der Waals surface area (Å²) in [5, 5.41) is 22.0. The first kappa shape index (κ1) is 21.1. The van der Waals surface area contributed by atoms with Gasteiger partial charge in [0.2, 0.25) is 0 Å². The number of hydrogen-bond donors (Lipinski definition) is 2. The molecule has 5 fully saturated rings. The number of rotatable bonds is 0. The number of hydrogen-bond acceptors (Lipinski definition) is 4. The summed E-state index contributed by atoms with van der Waals surface area (Å²) < 4.78 is 13.1. The number of aliphatic hydroxyl groups is 2. The molecule has 2 saturated heterocycles. The second-order valence-corrected chi connectivity index (χ2v) is 12.8. The van der Waals surface area contributed by atoms with Crippen LogP contribution in [-0.2, 0) is 9.47 Å². The van der Waals surface area contributed by atoms with Crippen molar-refractivity contribution in [3.8, 4) is 0 Å². The zero-order chi connectivity index (χ0) is 21.8. The summed E-state index contributed by atoms with van der Waals surface area (Å²) in [5.74, 6) is 2.31. The Morgan fingerprint density at radius 2 is 1.81 bits per heavy atom. The Morgan fingerprint density at radius 3 is 2.55 bits per heavy atom. The molecule has 3 saturated carbocycles. The lowest BCUT2D eigenvalue weighted by molar-refractivity contribution is -0.281. The molecule has 0 radical (unpaired) electrons. The maximum Gasteiger partial charge on any atom is 0.171 e. The van der Waals surface area contributed by atoms with E-state index in [0.29, 0.717) is 35.5 Å². The largest absolute Gasteiger partial charge is 0.393 e. The summed E-state index contributed by atoms with van der Waals surface area (Å²) >= 11 is 0. The molecule has 174 valence electrons. The highest BCUT2D eigenvalue weighted by atomic mass is 16.7. The van der Waals surface area contributed by atoms with E-state index in [1.807, 2.05) is 0 Å². The smallest absolute Gasteiger partial charge is 0.171 e. The first-order valence-electron chi connectivity index (χ1n) is 13.1. The van der Waals surface area contributed by atoms with Gasteiger partial charge in [-0.1, -0.05) is 39.3 Å². The molecule has 4 aliphatic carbocycles. The molecule has 2 heterocycles. The number of allylic oxidation sites excluding steroid dienone is 1. The molecular weight excluding hydrogens is 388 g/mol. The van der Waals surface area contributed by atoms with Crippen LogP contribution >= 0.6 is 0 Å². The molecule has 0 bridgehead atoms. The van der Waals surface area contributed by atoms with Gasteiger partial charge in [0.25, 0.3) is 0 Å². The minimum atomic E-state index is -0.473. The van der Waals surface area contributed by atoms with Crippen molar-refractivity contribution in [3.63, 3.8) is 0 Å².